The van der Waals surface area contributed by atoms with Crippen molar-refractivity contribution in [1.29, 1.82) is 0 Å². The van der Waals surface area contributed by atoms with Crippen molar-refractivity contribution in [3.8, 4) is 0 Å². The number of hydrogen-bond donors (Lipinski definition) is 0. The van der Waals surface area contributed by atoms with Crippen molar-refractivity contribution in [2.75, 3.05) is 13.1 Å². The van der Waals surface area contributed by atoms with Gasteiger partial charge in [-0.2, -0.15) is 5.10 Å². The van der Waals surface area contributed by atoms with Gasteiger partial charge in [-0.1, -0.05) is 19.8 Å². The number of amides is 1. The van der Waals surface area contributed by atoms with E-state index in [1.165, 1.54) is 17.5 Å². The Labute approximate surface area is 131 Å². The molecule has 3 rings (SSSR count). The molecule has 1 aromatic rings. The van der Waals surface area contributed by atoms with Gasteiger partial charge in [0.15, 0.2) is 0 Å². The van der Waals surface area contributed by atoms with Gasteiger partial charge in [0.2, 0.25) is 5.91 Å². The number of rotatable bonds is 3. The first-order valence-electron chi connectivity index (χ1n) is 8.55. The number of nitrogens with zero attached hydrogens (tertiary/aromatic N) is 4. The van der Waals surface area contributed by atoms with Gasteiger partial charge in [-0.05, 0) is 25.7 Å². The van der Waals surface area contributed by atoms with Crippen molar-refractivity contribution in [2.24, 2.45) is 7.05 Å². The van der Waals surface area contributed by atoms with Gasteiger partial charge in [0.25, 0.3) is 0 Å². The summed E-state index contributed by atoms with van der Waals surface area (Å²) < 4.78 is 3.39. The molecule has 122 valence electrons. The van der Waals surface area contributed by atoms with E-state index in [0.29, 0.717) is 19.0 Å². The van der Waals surface area contributed by atoms with E-state index in [1.807, 2.05) is 16.4 Å². The van der Waals surface area contributed by atoms with Crippen LogP contribution in [-0.2, 0) is 11.8 Å². The van der Waals surface area contributed by atoms with E-state index in [2.05, 4.69) is 5.10 Å². The average Bonchev–Trinajstić information content (AvgIpc) is 3.16. The Kier molecular flexibility index (Phi) is 4.36. The Hall–Kier alpha value is -1.59. The summed E-state index contributed by atoms with van der Waals surface area (Å²) in [7, 11) is 1.73. The smallest absolute Gasteiger partial charge is 0.342 e. The largest absolute Gasteiger partial charge is 0.345 e. The third-order valence-electron chi connectivity index (χ3n) is 5.11. The first-order valence-corrected chi connectivity index (χ1v) is 8.55. The van der Waals surface area contributed by atoms with Crippen LogP contribution in [0.4, 0.5) is 0 Å². The summed E-state index contributed by atoms with van der Waals surface area (Å²) in [6.07, 6.45) is 7.08. The fourth-order valence-corrected chi connectivity index (χ4v) is 3.92. The number of aryl methyl sites for hydroxylation is 1. The van der Waals surface area contributed by atoms with Crippen LogP contribution in [0, 0.1) is 0 Å². The van der Waals surface area contributed by atoms with Crippen LogP contribution in [0.5, 0.6) is 0 Å². The zero-order chi connectivity index (χ0) is 15.7. The van der Waals surface area contributed by atoms with E-state index >= 15 is 0 Å². The van der Waals surface area contributed by atoms with Gasteiger partial charge in [-0.25, -0.2) is 9.48 Å². The third-order valence-corrected chi connectivity index (χ3v) is 5.11. The van der Waals surface area contributed by atoms with Crippen LogP contribution in [0.2, 0.25) is 0 Å². The Balaban J connectivity index is 1.89. The summed E-state index contributed by atoms with van der Waals surface area (Å²) in [4.78, 5) is 26.4. The molecule has 6 heteroatoms. The van der Waals surface area contributed by atoms with Crippen LogP contribution in [0.3, 0.4) is 0 Å². The molecule has 1 saturated heterocycles. The molecule has 2 fully saturated rings. The van der Waals surface area contributed by atoms with Crippen molar-refractivity contribution in [1.82, 2.24) is 19.2 Å². The van der Waals surface area contributed by atoms with Crippen molar-refractivity contribution in [2.45, 2.75) is 63.8 Å². The molecule has 0 spiro atoms. The Bertz CT molecular complexity index is 598. The molecular formula is C16H26N4O2. The number of piperidine rings is 1. The van der Waals surface area contributed by atoms with E-state index < -0.39 is 0 Å². The van der Waals surface area contributed by atoms with Crippen molar-refractivity contribution in [3.63, 3.8) is 0 Å². The van der Waals surface area contributed by atoms with Gasteiger partial charge in [0.05, 0.1) is 0 Å². The average molecular weight is 306 g/mol. The maximum Gasteiger partial charge on any atom is 0.345 e. The molecule has 1 unspecified atom stereocenters. The van der Waals surface area contributed by atoms with Gasteiger partial charge in [-0.15, -0.1) is 0 Å². The highest BCUT2D eigenvalue weighted by Gasteiger charge is 2.31. The Morgan fingerprint density at radius 1 is 1.23 bits per heavy atom. The van der Waals surface area contributed by atoms with E-state index in [9.17, 15) is 9.59 Å². The monoisotopic (exact) mass is 306 g/mol. The number of hydrogen-bond acceptors (Lipinski definition) is 3. The summed E-state index contributed by atoms with van der Waals surface area (Å²) in [5, 5.41) is 4.53. The topological polar surface area (TPSA) is 60.1 Å². The quantitative estimate of drug-likeness (QED) is 0.855. The SMILES string of the molecule is CCC(=O)N1CCCC(c2nn(C)c(=O)n2C2CCCC2)C1. The molecular weight excluding hydrogens is 280 g/mol. The molecule has 0 N–H and O–H groups in total. The second kappa shape index (κ2) is 6.26. The highest BCUT2D eigenvalue weighted by molar-refractivity contribution is 5.75. The first-order chi connectivity index (χ1) is 10.6. The van der Waals surface area contributed by atoms with Gasteiger partial charge in [0, 0.05) is 38.5 Å². The molecule has 0 radical (unpaired) electrons. The van der Waals surface area contributed by atoms with E-state index in [-0.39, 0.29) is 17.5 Å². The van der Waals surface area contributed by atoms with Gasteiger partial charge >= 0.3 is 5.69 Å². The minimum absolute atomic E-state index is 0.000779. The molecule has 1 aliphatic carbocycles. The van der Waals surface area contributed by atoms with E-state index in [1.54, 1.807) is 7.05 Å². The molecule has 1 saturated carbocycles. The Morgan fingerprint density at radius 2 is 1.95 bits per heavy atom. The fourth-order valence-electron chi connectivity index (χ4n) is 3.92. The second-order valence-corrected chi connectivity index (χ2v) is 6.61. The lowest BCUT2D eigenvalue weighted by molar-refractivity contribution is -0.132. The summed E-state index contributed by atoms with van der Waals surface area (Å²) in [5.74, 6) is 1.29. The molecule has 1 aromatic heterocycles. The lowest BCUT2D eigenvalue weighted by Crippen LogP contribution is -2.40. The molecule has 6 nitrogen and oxygen atoms in total. The summed E-state index contributed by atoms with van der Waals surface area (Å²) in [6, 6.07) is 0.299. The Morgan fingerprint density at radius 3 is 2.64 bits per heavy atom. The summed E-state index contributed by atoms with van der Waals surface area (Å²) in [5.41, 5.74) is 0.000779. The van der Waals surface area contributed by atoms with Gasteiger partial charge in [0.1, 0.15) is 5.82 Å². The highest BCUT2D eigenvalue weighted by Crippen LogP contribution is 2.33. The molecule has 1 amide bonds. The molecule has 22 heavy (non-hydrogen) atoms. The number of carbonyl (C=O) groups is 1. The molecule has 2 heterocycles. The predicted octanol–water partition coefficient (Wildman–Crippen LogP) is 1.81. The normalized spacial score (nSPS) is 23.2. The number of aromatic nitrogens is 3. The zero-order valence-electron chi connectivity index (χ0n) is 13.6. The molecule has 1 atom stereocenters. The van der Waals surface area contributed by atoms with Crippen molar-refractivity contribution in [3.05, 3.63) is 16.3 Å². The zero-order valence-corrected chi connectivity index (χ0v) is 13.6. The molecule has 0 aromatic carbocycles. The van der Waals surface area contributed by atoms with Crippen LogP contribution < -0.4 is 5.69 Å². The van der Waals surface area contributed by atoms with Gasteiger partial charge in [-0.3, -0.25) is 9.36 Å². The lowest BCUT2D eigenvalue weighted by atomic mass is 9.96. The minimum atomic E-state index is 0.000779. The van der Waals surface area contributed by atoms with Crippen molar-refractivity contribution >= 4 is 5.91 Å². The van der Waals surface area contributed by atoms with E-state index in [0.717, 1.165) is 38.1 Å². The second-order valence-electron chi connectivity index (χ2n) is 6.61. The molecule has 1 aliphatic heterocycles. The first kappa shape index (κ1) is 15.3. The molecule has 2 aliphatic rings. The van der Waals surface area contributed by atoms with Gasteiger partial charge < -0.3 is 4.90 Å². The van der Waals surface area contributed by atoms with Crippen LogP contribution in [0.25, 0.3) is 0 Å². The maximum atomic E-state index is 12.5. The number of likely N-dealkylation sites (tertiary alicyclic amines) is 1. The summed E-state index contributed by atoms with van der Waals surface area (Å²) in [6.45, 7) is 3.45. The fraction of sp³-hybridized carbons (Fsp3) is 0.812. The highest BCUT2D eigenvalue weighted by atomic mass is 16.2. The van der Waals surface area contributed by atoms with Crippen LogP contribution >= 0.6 is 0 Å². The van der Waals surface area contributed by atoms with Crippen LogP contribution in [0.15, 0.2) is 4.79 Å². The minimum Gasteiger partial charge on any atom is -0.342 e. The molecule has 0 bridgehead atoms. The van der Waals surface area contributed by atoms with Crippen molar-refractivity contribution < 1.29 is 4.79 Å². The standard InChI is InChI=1S/C16H26N4O2/c1-3-14(21)19-10-6-7-12(11-19)15-17-18(2)16(22)20(15)13-8-4-5-9-13/h12-13H,3-11H2,1-2H3. The van der Waals surface area contributed by atoms with Crippen LogP contribution in [-0.4, -0.2) is 38.2 Å². The lowest BCUT2D eigenvalue weighted by Gasteiger charge is -2.32. The third kappa shape index (κ3) is 2.71. The number of carbonyl (C=O) groups excluding carboxylic acids is 1. The predicted molar refractivity (Wildman–Crippen MR) is 83.8 cm³/mol. The summed E-state index contributed by atoms with van der Waals surface area (Å²) >= 11 is 0. The maximum absolute atomic E-state index is 12.5. The van der Waals surface area contributed by atoms with Crippen LogP contribution in [0.1, 0.15) is 69.7 Å². The van der Waals surface area contributed by atoms with E-state index in [4.69, 9.17) is 0 Å².